The lowest BCUT2D eigenvalue weighted by atomic mass is 9.75. The van der Waals surface area contributed by atoms with Crippen molar-refractivity contribution in [2.24, 2.45) is 5.41 Å². The van der Waals surface area contributed by atoms with Crippen molar-refractivity contribution < 1.29 is 4.79 Å². The molecule has 1 aliphatic carbocycles. The molecule has 0 aliphatic heterocycles. The Morgan fingerprint density at radius 1 is 1.25 bits per heavy atom. The highest BCUT2D eigenvalue weighted by Crippen LogP contribution is 2.35. The van der Waals surface area contributed by atoms with E-state index in [1.807, 2.05) is 20.9 Å². The molecule has 1 amide bonds. The van der Waals surface area contributed by atoms with Gasteiger partial charge in [0, 0.05) is 6.04 Å². The van der Waals surface area contributed by atoms with Crippen LogP contribution in [0.4, 0.5) is 0 Å². The lowest BCUT2D eigenvalue weighted by molar-refractivity contribution is -0.127. The third-order valence-corrected chi connectivity index (χ3v) is 3.87. The number of likely N-dealkylation sites (N-methyl/N-ethyl adjacent to an activating group) is 1. The standard InChI is InChI=1S/C13H26N2O/c1-12(2)8-6-10(7-9-12)15-11(16)13(3,4)14-5/h10,14H,6-9H2,1-5H3,(H,15,16). The highest BCUT2D eigenvalue weighted by Gasteiger charge is 2.31. The molecule has 0 aromatic heterocycles. The molecule has 1 fully saturated rings. The van der Waals surface area contributed by atoms with Crippen LogP contribution >= 0.6 is 0 Å². The lowest BCUT2D eigenvalue weighted by Crippen LogP contribution is -2.54. The monoisotopic (exact) mass is 226 g/mol. The molecule has 0 saturated heterocycles. The zero-order valence-corrected chi connectivity index (χ0v) is 11.3. The Labute approximate surface area is 99.4 Å². The van der Waals surface area contributed by atoms with Crippen molar-refractivity contribution in [2.75, 3.05) is 7.05 Å². The predicted octanol–water partition coefficient (Wildman–Crippen LogP) is 2.07. The van der Waals surface area contributed by atoms with Crippen LogP contribution in [0, 0.1) is 5.41 Å². The molecule has 94 valence electrons. The first-order chi connectivity index (χ1) is 7.27. The third-order valence-electron chi connectivity index (χ3n) is 3.87. The molecular weight excluding hydrogens is 200 g/mol. The highest BCUT2D eigenvalue weighted by molar-refractivity contribution is 5.85. The minimum atomic E-state index is -0.465. The highest BCUT2D eigenvalue weighted by atomic mass is 16.2. The van der Waals surface area contributed by atoms with Crippen LogP contribution in [0.25, 0.3) is 0 Å². The quantitative estimate of drug-likeness (QED) is 0.773. The molecule has 3 nitrogen and oxygen atoms in total. The van der Waals surface area contributed by atoms with E-state index in [9.17, 15) is 4.79 Å². The number of hydrogen-bond acceptors (Lipinski definition) is 2. The first-order valence-corrected chi connectivity index (χ1v) is 6.27. The maximum absolute atomic E-state index is 12.0. The summed E-state index contributed by atoms with van der Waals surface area (Å²) in [6, 6.07) is 0.369. The van der Waals surface area contributed by atoms with Crippen molar-refractivity contribution in [3.05, 3.63) is 0 Å². The van der Waals surface area contributed by atoms with Crippen molar-refractivity contribution >= 4 is 5.91 Å². The first-order valence-electron chi connectivity index (χ1n) is 6.27. The van der Waals surface area contributed by atoms with E-state index < -0.39 is 5.54 Å². The van der Waals surface area contributed by atoms with Crippen LogP contribution in [0.3, 0.4) is 0 Å². The molecule has 0 aromatic rings. The smallest absolute Gasteiger partial charge is 0.239 e. The SMILES string of the molecule is CNC(C)(C)C(=O)NC1CCC(C)(C)CC1. The van der Waals surface area contributed by atoms with Gasteiger partial charge in [-0.3, -0.25) is 4.79 Å². The molecule has 0 unspecified atom stereocenters. The van der Waals surface area contributed by atoms with Gasteiger partial charge in [-0.15, -0.1) is 0 Å². The Morgan fingerprint density at radius 3 is 2.19 bits per heavy atom. The molecule has 0 bridgehead atoms. The number of hydrogen-bond donors (Lipinski definition) is 2. The second-order valence-electron chi connectivity index (χ2n) is 6.29. The van der Waals surface area contributed by atoms with Gasteiger partial charge in [0.1, 0.15) is 0 Å². The Hall–Kier alpha value is -0.570. The Bertz CT molecular complexity index is 249. The number of amides is 1. The Morgan fingerprint density at radius 2 is 1.75 bits per heavy atom. The molecule has 1 aliphatic rings. The van der Waals surface area contributed by atoms with Crippen molar-refractivity contribution in [1.29, 1.82) is 0 Å². The molecule has 0 heterocycles. The average Bonchev–Trinajstić information content (AvgIpc) is 2.21. The van der Waals surface area contributed by atoms with Crippen LogP contribution in [0.1, 0.15) is 53.4 Å². The van der Waals surface area contributed by atoms with E-state index in [0.29, 0.717) is 11.5 Å². The lowest BCUT2D eigenvalue weighted by Gasteiger charge is -2.36. The van der Waals surface area contributed by atoms with Gasteiger partial charge in [-0.25, -0.2) is 0 Å². The number of nitrogens with one attached hydrogen (secondary N) is 2. The largest absolute Gasteiger partial charge is 0.352 e. The zero-order chi connectivity index (χ0) is 12.4. The molecular formula is C13H26N2O. The topological polar surface area (TPSA) is 41.1 Å². The van der Waals surface area contributed by atoms with E-state index >= 15 is 0 Å². The summed E-state index contributed by atoms with van der Waals surface area (Å²) < 4.78 is 0. The molecule has 0 atom stereocenters. The first kappa shape index (κ1) is 13.5. The summed E-state index contributed by atoms with van der Waals surface area (Å²) in [5.41, 5.74) is -0.00723. The Balaban J connectivity index is 2.43. The van der Waals surface area contributed by atoms with E-state index in [-0.39, 0.29) is 5.91 Å². The van der Waals surface area contributed by atoms with Crippen molar-refractivity contribution in [3.8, 4) is 0 Å². The molecule has 0 radical (unpaired) electrons. The molecule has 1 rings (SSSR count). The zero-order valence-electron chi connectivity index (χ0n) is 11.3. The summed E-state index contributed by atoms with van der Waals surface area (Å²) >= 11 is 0. The fraction of sp³-hybridized carbons (Fsp3) is 0.923. The van der Waals surface area contributed by atoms with E-state index in [1.165, 1.54) is 12.8 Å². The second kappa shape index (κ2) is 4.74. The summed E-state index contributed by atoms with van der Waals surface area (Å²) in [5, 5.41) is 6.18. The van der Waals surface area contributed by atoms with Crippen molar-refractivity contribution in [1.82, 2.24) is 10.6 Å². The fourth-order valence-corrected chi connectivity index (χ4v) is 2.02. The molecule has 1 saturated carbocycles. The van der Waals surface area contributed by atoms with Crippen LogP contribution in [-0.4, -0.2) is 24.5 Å². The van der Waals surface area contributed by atoms with Crippen LogP contribution < -0.4 is 10.6 Å². The van der Waals surface area contributed by atoms with Crippen LogP contribution in [0.2, 0.25) is 0 Å². The number of carbonyl (C=O) groups is 1. The maximum Gasteiger partial charge on any atom is 0.239 e. The molecule has 16 heavy (non-hydrogen) atoms. The van der Waals surface area contributed by atoms with E-state index in [1.54, 1.807) is 0 Å². The van der Waals surface area contributed by atoms with E-state index in [0.717, 1.165) is 12.8 Å². The van der Waals surface area contributed by atoms with Gasteiger partial charge in [-0.2, -0.15) is 0 Å². The van der Waals surface area contributed by atoms with Crippen LogP contribution in [0.15, 0.2) is 0 Å². The minimum absolute atomic E-state index is 0.111. The van der Waals surface area contributed by atoms with Crippen LogP contribution in [-0.2, 0) is 4.79 Å². The van der Waals surface area contributed by atoms with E-state index in [2.05, 4.69) is 24.5 Å². The second-order valence-corrected chi connectivity index (χ2v) is 6.29. The van der Waals surface area contributed by atoms with Crippen molar-refractivity contribution in [2.45, 2.75) is 65.0 Å². The van der Waals surface area contributed by atoms with Gasteiger partial charge in [-0.1, -0.05) is 13.8 Å². The van der Waals surface area contributed by atoms with Gasteiger partial charge < -0.3 is 10.6 Å². The molecule has 3 heteroatoms. The summed E-state index contributed by atoms with van der Waals surface area (Å²) in [5.74, 6) is 0.111. The molecule has 2 N–H and O–H groups in total. The van der Waals surface area contributed by atoms with E-state index in [4.69, 9.17) is 0 Å². The Kier molecular flexibility index (Phi) is 4.00. The average molecular weight is 226 g/mol. The summed E-state index contributed by atoms with van der Waals surface area (Å²) in [6.45, 7) is 8.44. The van der Waals surface area contributed by atoms with Gasteiger partial charge >= 0.3 is 0 Å². The number of carbonyl (C=O) groups excluding carboxylic acids is 1. The fourth-order valence-electron chi connectivity index (χ4n) is 2.02. The minimum Gasteiger partial charge on any atom is -0.352 e. The third kappa shape index (κ3) is 3.48. The van der Waals surface area contributed by atoms with Gasteiger partial charge in [0.05, 0.1) is 5.54 Å². The summed E-state index contributed by atoms with van der Waals surface area (Å²) in [4.78, 5) is 12.0. The summed E-state index contributed by atoms with van der Waals surface area (Å²) in [6.07, 6.45) is 4.63. The normalized spacial score (nSPS) is 21.8. The van der Waals surface area contributed by atoms with Crippen molar-refractivity contribution in [3.63, 3.8) is 0 Å². The number of rotatable bonds is 3. The van der Waals surface area contributed by atoms with Gasteiger partial charge in [0.25, 0.3) is 0 Å². The predicted molar refractivity (Wildman–Crippen MR) is 67.3 cm³/mol. The molecule has 0 aromatic carbocycles. The maximum atomic E-state index is 12.0. The summed E-state index contributed by atoms with van der Waals surface area (Å²) in [7, 11) is 1.82. The van der Waals surface area contributed by atoms with Crippen LogP contribution in [0.5, 0.6) is 0 Å². The van der Waals surface area contributed by atoms with Gasteiger partial charge in [-0.05, 0) is 52.0 Å². The van der Waals surface area contributed by atoms with Gasteiger partial charge in [0.15, 0.2) is 0 Å². The molecule has 0 spiro atoms. The van der Waals surface area contributed by atoms with Gasteiger partial charge in [0.2, 0.25) is 5.91 Å².